The molecule has 0 bridgehead atoms. The SMILES string of the molecule is COc1ccc(S(=O)(=O)N2CCCc3ccc(NC(=O)c4cc(C)cc(C)c4)cc32)cc1. The number of hydrogen-bond acceptors (Lipinski definition) is 4. The van der Waals surface area contributed by atoms with Crippen molar-refractivity contribution in [3.8, 4) is 5.75 Å². The van der Waals surface area contributed by atoms with E-state index in [1.807, 2.05) is 44.2 Å². The first-order valence-corrected chi connectivity index (χ1v) is 11.9. The first-order chi connectivity index (χ1) is 15.3. The highest BCUT2D eigenvalue weighted by atomic mass is 32.2. The molecule has 32 heavy (non-hydrogen) atoms. The van der Waals surface area contributed by atoms with Crippen LogP contribution in [0.25, 0.3) is 0 Å². The Morgan fingerprint density at radius 3 is 2.31 bits per heavy atom. The number of ether oxygens (including phenoxy) is 1. The van der Waals surface area contributed by atoms with Crippen LogP contribution in [-0.2, 0) is 16.4 Å². The van der Waals surface area contributed by atoms with E-state index in [1.54, 1.807) is 30.3 Å². The van der Waals surface area contributed by atoms with Gasteiger partial charge in [0.2, 0.25) is 0 Å². The highest BCUT2D eigenvalue weighted by Crippen LogP contribution is 2.34. The second-order valence-corrected chi connectivity index (χ2v) is 9.89. The molecule has 0 atom stereocenters. The Morgan fingerprint density at radius 1 is 0.969 bits per heavy atom. The zero-order valence-corrected chi connectivity index (χ0v) is 19.2. The van der Waals surface area contributed by atoms with Gasteiger partial charge in [0.1, 0.15) is 5.75 Å². The molecule has 0 aliphatic carbocycles. The molecular weight excluding hydrogens is 424 g/mol. The van der Waals surface area contributed by atoms with Gasteiger partial charge >= 0.3 is 0 Å². The average molecular weight is 451 g/mol. The van der Waals surface area contributed by atoms with Crippen LogP contribution in [-0.4, -0.2) is 28.0 Å². The molecule has 0 radical (unpaired) electrons. The Labute approximate surface area is 188 Å². The lowest BCUT2D eigenvalue weighted by molar-refractivity contribution is 0.102. The summed E-state index contributed by atoms with van der Waals surface area (Å²) in [6.07, 6.45) is 1.52. The maximum atomic E-state index is 13.4. The van der Waals surface area contributed by atoms with E-state index in [0.717, 1.165) is 29.5 Å². The molecule has 0 unspecified atom stereocenters. The van der Waals surface area contributed by atoms with Crippen LogP contribution in [0.5, 0.6) is 5.75 Å². The molecule has 0 saturated heterocycles. The van der Waals surface area contributed by atoms with Crippen LogP contribution in [0, 0.1) is 13.8 Å². The van der Waals surface area contributed by atoms with Crippen LogP contribution in [0.4, 0.5) is 11.4 Å². The van der Waals surface area contributed by atoms with Crippen molar-refractivity contribution in [1.82, 2.24) is 0 Å². The highest BCUT2D eigenvalue weighted by Gasteiger charge is 2.29. The Kier molecular flexibility index (Phi) is 5.93. The minimum Gasteiger partial charge on any atom is -0.497 e. The molecule has 6 nitrogen and oxygen atoms in total. The molecule has 1 aliphatic heterocycles. The molecule has 1 N–H and O–H groups in total. The normalized spacial score (nSPS) is 13.4. The summed E-state index contributed by atoms with van der Waals surface area (Å²) in [5.41, 5.74) is 4.70. The Bertz CT molecular complexity index is 1250. The minimum atomic E-state index is -3.74. The van der Waals surface area contributed by atoms with E-state index in [2.05, 4.69) is 5.32 Å². The number of benzene rings is 3. The van der Waals surface area contributed by atoms with Gasteiger partial charge in [-0.25, -0.2) is 8.42 Å². The van der Waals surface area contributed by atoms with Crippen molar-refractivity contribution < 1.29 is 17.9 Å². The molecule has 0 aromatic heterocycles. The summed E-state index contributed by atoms with van der Waals surface area (Å²) in [6, 6.07) is 17.5. The smallest absolute Gasteiger partial charge is 0.264 e. The van der Waals surface area contributed by atoms with Crippen LogP contribution in [0.15, 0.2) is 65.6 Å². The lowest BCUT2D eigenvalue weighted by atomic mass is 10.0. The van der Waals surface area contributed by atoms with Crippen molar-refractivity contribution in [1.29, 1.82) is 0 Å². The maximum Gasteiger partial charge on any atom is 0.264 e. The molecule has 0 fully saturated rings. The summed E-state index contributed by atoms with van der Waals surface area (Å²) in [5, 5.41) is 2.91. The van der Waals surface area contributed by atoms with Gasteiger partial charge in [0, 0.05) is 17.8 Å². The third-order valence-corrected chi connectivity index (χ3v) is 7.38. The summed E-state index contributed by atoms with van der Waals surface area (Å²) in [7, 11) is -2.20. The number of aryl methyl sites for hydroxylation is 3. The maximum absolute atomic E-state index is 13.4. The van der Waals surface area contributed by atoms with Gasteiger partial charge in [-0.1, -0.05) is 23.3 Å². The molecule has 3 aromatic rings. The summed E-state index contributed by atoms with van der Waals surface area (Å²) in [6.45, 7) is 4.28. The van der Waals surface area contributed by atoms with Gasteiger partial charge in [0.05, 0.1) is 17.7 Å². The number of anilines is 2. The molecule has 3 aromatic carbocycles. The van der Waals surface area contributed by atoms with Gasteiger partial charge < -0.3 is 10.1 Å². The first kappa shape index (κ1) is 21.9. The number of carbonyl (C=O) groups is 1. The quantitative estimate of drug-likeness (QED) is 0.611. The number of rotatable bonds is 5. The van der Waals surface area contributed by atoms with E-state index < -0.39 is 10.0 Å². The van der Waals surface area contributed by atoms with Crippen LogP contribution < -0.4 is 14.4 Å². The summed E-state index contributed by atoms with van der Waals surface area (Å²) in [5.74, 6) is 0.372. The van der Waals surface area contributed by atoms with Gasteiger partial charge in [-0.05, 0) is 80.8 Å². The van der Waals surface area contributed by atoms with Crippen LogP contribution >= 0.6 is 0 Å². The summed E-state index contributed by atoms with van der Waals surface area (Å²) >= 11 is 0. The monoisotopic (exact) mass is 450 g/mol. The standard InChI is InChI=1S/C25H26N2O4S/c1-17-13-18(2)15-20(14-17)25(28)26-21-7-6-19-5-4-12-27(24(19)16-21)32(29,30)23-10-8-22(31-3)9-11-23/h6-11,13-16H,4-5,12H2,1-3H3,(H,26,28). The number of sulfonamides is 1. The van der Waals surface area contributed by atoms with Crippen molar-refractivity contribution in [2.75, 3.05) is 23.3 Å². The number of fused-ring (bicyclic) bond motifs is 1. The zero-order chi connectivity index (χ0) is 22.9. The van der Waals surface area contributed by atoms with E-state index in [-0.39, 0.29) is 10.8 Å². The van der Waals surface area contributed by atoms with Gasteiger partial charge in [-0.15, -0.1) is 0 Å². The number of amides is 1. The third kappa shape index (κ3) is 4.34. The third-order valence-electron chi connectivity index (χ3n) is 5.55. The second kappa shape index (κ2) is 8.67. The summed E-state index contributed by atoms with van der Waals surface area (Å²) < 4.78 is 33.3. The largest absolute Gasteiger partial charge is 0.497 e. The molecule has 1 aliphatic rings. The van der Waals surface area contributed by atoms with Crippen LogP contribution in [0.1, 0.15) is 33.5 Å². The fourth-order valence-electron chi connectivity index (χ4n) is 4.05. The fraction of sp³-hybridized carbons (Fsp3) is 0.240. The van der Waals surface area contributed by atoms with Crippen LogP contribution in [0.3, 0.4) is 0 Å². The zero-order valence-electron chi connectivity index (χ0n) is 18.4. The van der Waals surface area contributed by atoms with E-state index in [4.69, 9.17) is 4.74 Å². The van der Waals surface area contributed by atoms with Gasteiger partial charge in [0.25, 0.3) is 15.9 Å². The predicted molar refractivity (Wildman–Crippen MR) is 126 cm³/mol. The number of methoxy groups -OCH3 is 1. The average Bonchev–Trinajstić information content (AvgIpc) is 2.78. The first-order valence-electron chi connectivity index (χ1n) is 10.5. The van der Waals surface area contributed by atoms with Crippen molar-refractivity contribution in [2.45, 2.75) is 31.6 Å². The molecule has 0 saturated carbocycles. The van der Waals surface area contributed by atoms with Gasteiger partial charge in [0.15, 0.2) is 0 Å². The van der Waals surface area contributed by atoms with Crippen molar-refractivity contribution in [3.05, 3.63) is 82.9 Å². The van der Waals surface area contributed by atoms with E-state index in [9.17, 15) is 13.2 Å². The molecule has 1 heterocycles. The van der Waals surface area contributed by atoms with Gasteiger partial charge in [-0.3, -0.25) is 9.10 Å². The van der Waals surface area contributed by atoms with E-state index in [0.29, 0.717) is 29.2 Å². The fourth-order valence-corrected chi connectivity index (χ4v) is 5.59. The van der Waals surface area contributed by atoms with E-state index in [1.165, 1.54) is 11.4 Å². The second-order valence-electron chi connectivity index (χ2n) is 8.03. The lowest BCUT2D eigenvalue weighted by Crippen LogP contribution is -2.35. The lowest BCUT2D eigenvalue weighted by Gasteiger charge is -2.31. The molecule has 166 valence electrons. The topological polar surface area (TPSA) is 75.7 Å². The van der Waals surface area contributed by atoms with E-state index >= 15 is 0 Å². The van der Waals surface area contributed by atoms with Crippen molar-refractivity contribution >= 4 is 27.3 Å². The highest BCUT2D eigenvalue weighted by molar-refractivity contribution is 7.92. The van der Waals surface area contributed by atoms with Crippen molar-refractivity contribution in [3.63, 3.8) is 0 Å². The Balaban J connectivity index is 1.65. The molecular formula is C25H26N2O4S. The Morgan fingerprint density at radius 2 is 1.66 bits per heavy atom. The number of nitrogens with one attached hydrogen (secondary N) is 1. The van der Waals surface area contributed by atoms with Crippen molar-refractivity contribution in [2.24, 2.45) is 0 Å². The number of hydrogen-bond donors (Lipinski definition) is 1. The van der Waals surface area contributed by atoms with Gasteiger partial charge in [-0.2, -0.15) is 0 Å². The number of carbonyl (C=O) groups excluding carboxylic acids is 1. The van der Waals surface area contributed by atoms with Crippen LogP contribution in [0.2, 0.25) is 0 Å². The predicted octanol–water partition coefficient (Wildman–Crippen LogP) is 4.71. The molecule has 7 heteroatoms. The molecule has 4 rings (SSSR count). The Hall–Kier alpha value is -3.32. The minimum absolute atomic E-state index is 0.204. The number of nitrogens with zero attached hydrogens (tertiary/aromatic N) is 1. The summed E-state index contributed by atoms with van der Waals surface area (Å²) in [4.78, 5) is 13.0. The molecule has 1 amide bonds. The molecule has 0 spiro atoms.